The summed E-state index contributed by atoms with van der Waals surface area (Å²) < 4.78 is 28.4. The van der Waals surface area contributed by atoms with Gasteiger partial charge in [0.2, 0.25) is 0 Å². The quantitative estimate of drug-likeness (QED) is 0.368. The van der Waals surface area contributed by atoms with Gasteiger partial charge in [-0.2, -0.15) is 0 Å². The summed E-state index contributed by atoms with van der Waals surface area (Å²) in [7, 11) is 0. The van der Waals surface area contributed by atoms with Crippen molar-refractivity contribution in [1.29, 1.82) is 0 Å². The standard InChI is InChI=1S/C26H22F2N6/c27-18-7-6-15-20-16(8-9-30-25(20)32-23(15)22(18)28)24-31-19-13-29-12-17(14-4-5-14)21(19)26(33-24)34-10-2-1-3-11-34/h6-9,12-14H,1-5,10-11H2,(H,30,32). The lowest BCUT2D eigenvalue weighted by atomic mass is 10.0. The van der Waals surface area contributed by atoms with Crippen molar-refractivity contribution < 1.29 is 8.78 Å². The Morgan fingerprint density at radius 1 is 0.941 bits per heavy atom. The van der Waals surface area contributed by atoms with Crippen molar-refractivity contribution in [1.82, 2.24) is 24.9 Å². The molecule has 1 saturated carbocycles. The van der Waals surface area contributed by atoms with Crippen molar-refractivity contribution in [2.45, 2.75) is 38.0 Å². The third-order valence-electron chi connectivity index (χ3n) is 7.09. The van der Waals surface area contributed by atoms with E-state index in [-0.39, 0.29) is 5.52 Å². The summed E-state index contributed by atoms with van der Waals surface area (Å²) in [6.45, 7) is 1.92. The fraction of sp³-hybridized carbons (Fsp3) is 0.308. The van der Waals surface area contributed by atoms with Crippen molar-refractivity contribution in [3.63, 3.8) is 0 Å². The van der Waals surface area contributed by atoms with Gasteiger partial charge >= 0.3 is 0 Å². The molecule has 0 unspecified atom stereocenters. The second-order valence-corrected chi connectivity index (χ2v) is 9.31. The van der Waals surface area contributed by atoms with Gasteiger partial charge in [0, 0.05) is 47.2 Å². The van der Waals surface area contributed by atoms with E-state index in [1.165, 1.54) is 24.8 Å². The predicted octanol–water partition coefficient (Wildman–Crippen LogP) is 5.87. The summed E-state index contributed by atoms with van der Waals surface area (Å²) in [6, 6.07) is 4.57. The van der Waals surface area contributed by atoms with Crippen molar-refractivity contribution in [3.05, 3.63) is 54.0 Å². The number of piperidine rings is 1. The van der Waals surface area contributed by atoms with Gasteiger partial charge in [-0.3, -0.25) is 4.98 Å². The highest BCUT2D eigenvalue weighted by Gasteiger charge is 2.29. The van der Waals surface area contributed by atoms with Gasteiger partial charge in [-0.25, -0.2) is 23.7 Å². The van der Waals surface area contributed by atoms with Gasteiger partial charge in [0.1, 0.15) is 11.5 Å². The van der Waals surface area contributed by atoms with Crippen molar-refractivity contribution in [2.75, 3.05) is 18.0 Å². The average Bonchev–Trinajstić information content (AvgIpc) is 3.65. The molecule has 1 N–H and O–H groups in total. The fourth-order valence-corrected chi connectivity index (χ4v) is 5.26. The number of hydrogen-bond donors (Lipinski definition) is 1. The largest absolute Gasteiger partial charge is 0.356 e. The minimum Gasteiger partial charge on any atom is -0.356 e. The Morgan fingerprint density at radius 2 is 1.79 bits per heavy atom. The number of halogens is 2. The van der Waals surface area contributed by atoms with E-state index >= 15 is 0 Å². The van der Waals surface area contributed by atoms with Crippen LogP contribution in [-0.2, 0) is 0 Å². The lowest BCUT2D eigenvalue weighted by Crippen LogP contribution is -2.30. The summed E-state index contributed by atoms with van der Waals surface area (Å²) in [5.41, 5.74) is 3.36. The zero-order valence-corrected chi connectivity index (χ0v) is 18.5. The number of benzene rings is 1. The molecular weight excluding hydrogens is 434 g/mol. The molecule has 34 heavy (non-hydrogen) atoms. The minimum atomic E-state index is -0.909. The Morgan fingerprint density at radius 3 is 2.62 bits per heavy atom. The van der Waals surface area contributed by atoms with Gasteiger partial charge in [-0.05, 0) is 61.8 Å². The van der Waals surface area contributed by atoms with E-state index in [1.54, 1.807) is 12.3 Å². The van der Waals surface area contributed by atoms with Crippen LogP contribution in [0, 0.1) is 11.6 Å². The van der Waals surface area contributed by atoms with Crippen molar-refractivity contribution >= 4 is 38.7 Å². The van der Waals surface area contributed by atoms with Gasteiger partial charge in [-0.15, -0.1) is 0 Å². The lowest BCUT2D eigenvalue weighted by molar-refractivity contribution is 0.516. The number of aromatic amines is 1. The van der Waals surface area contributed by atoms with Crippen LogP contribution in [0.3, 0.4) is 0 Å². The first-order valence-electron chi connectivity index (χ1n) is 11.8. The summed E-state index contributed by atoms with van der Waals surface area (Å²) in [4.78, 5) is 24.2. The highest BCUT2D eigenvalue weighted by molar-refractivity contribution is 6.12. The van der Waals surface area contributed by atoms with Crippen LogP contribution in [0.15, 0.2) is 36.8 Å². The number of anilines is 1. The monoisotopic (exact) mass is 456 g/mol. The number of H-pyrrole nitrogens is 1. The van der Waals surface area contributed by atoms with Gasteiger partial charge in [0.15, 0.2) is 17.5 Å². The highest BCUT2D eigenvalue weighted by Crippen LogP contribution is 2.45. The summed E-state index contributed by atoms with van der Waals surface area (Å²) in [6.07, 6.45) is 11.3. The number of nitrogens with zero attached hydrogens (tertiary/aromatic N) is 5. The van der Waals surface area contributed by atoms with Crippen molar-refractivity contribution in [3.8, 4) is 11.4 Å². The molecule has 7 rings (SSSR count). The first kappa shape index (κ1) is 19.8. The Labute approximate surface area is 194 Å². The van der Waals surface area contributed by atoms with Crippen LogP contribution in [0.1, 0.15) is 43.6 Å². The topological polar surface area (TPSA) is 70.6 Å². The van der Waals surface area contributed by atoms with Crippen molar-refractivity contribution in [2.24, 2.45) is 0 Å². The summed E-state index contributed by atoms with van der Waals surface area (Å²) in [5, 5.41) is 2.34. The molecule has 0 bridgehead atoms. The Bertz CT molecular complexity index is 1580. The van der Waals surface area contributed by atoms with Crippen LogP contribution in [-0.4, -0.2) is 38.0 Å². The predicted molar refractivity (Wildman–Crippen MR) is 128 cm³/mol. The molecule has 4 aromatic heterocycles. The second kappa shape index (κ2) is 7.41. The van der Waals surface area contributed by atoms with E-state index in [2.05, 4.69) is 19.9 Å². The number of fused-ring (bicyclic) bond motifs is 4. The number of hydrogen-bond acceptors (Lipinski definition) is 5. The summed E-state index contributed by atoms with van der Waals surface area (Å²) in [5.74, 6) is 0.210. The van der Waals surface area contributed by atoms with Gasteiger partial charge in [0.25, 0.3) is 0 Å². The normalized spacial score (nSPS) is 16.7. The molecular formula is C26H22F2N6. The number of aromatic nitrogens is 5. The lowest BCUT2D eigenvalue weighted by Gasteiger charge is -2.29. The van der Waals surface area contributed by atoms with E-state index in [9.17, 15) is 8.78 Å². The fourth-order valence-electron chi connectivity index (χ4n) is 5.26. The first-order valence-corrected chi connectivity index (χ1v) is 11.8. The third kappa shape index (κ3) is 2.97. The Kier molecular flexibility index (Phi) is 4.31. The zero-order valence-electron chi connectivity index (χ0n) is 18.5. The first-order chi connectivity index (χ1) is 16.7. The molecule has 1 aliphatic carbocycles. The van der Waals surface area contributed by atoms with Gasteiger partial charge in [0.05, 0.1) is 17.2 Å². The summed E-state index contributed by atoms with van der Waals surface area (Å²) >= 11 is 0. The molecule has 0 atom stereocenters. The maximum atomic E-state index is 14.5. The van der Waals surface area contributed by atoms with Gasteiger partial charge < -0.3 is 9.88 Å². The second-order valence-electron chi connectivity index (χ2n) is 9.31. The van der Waals surface area contributed by atoms with E-state index in [0.717, 1.165) is 54.3 Å². The molecule has 1 saturated heterocycles. The molecule has 0 radical (unpaired) electrons. The van der Waals surface area contributed by atoms with Crippen LogP contribution >= 0.6 is 0 Å². The van der Waals surface area contributed by atoms with Crippen LogP contribution < -0.4 is 4.90 Å². The molecule has 170 valence electrons. The SMILES string of the molecule is Fc1ccc2c([nH]c3nccc(-c4nc(N5CCCCC5)c5c(C6CC6)cncc5n4)c32)c1F. The molecule has 0 spiro atoms. The van der Waals surface area contributed by atoms with E-state index < -0.39 is 11.6 Å². The number of pyridine rings is 2. The average molecular weight is 457 g/mol. The Balaban J connectivity index is 1.52. The van der Waals surface area contributed by atoms with Crippen LogP contribution in [0.5, 0.6) is 0 Å². The van der Waals surface area contributed by atoms with E-state index in [0.29, 0.717) is 28.2 Å². The maximum Gasteiger partial charge on any atom is 0.182 e. The molecule has 5 aromatic rings. The number of rotatable bonds is 3. The third-order valence-corrected chi connectivity index (χ3v) is 7.09. The molecule has 8 heteroatoms. The molecule has 2 fully saturated rings. The molecule has 1 aromatic carbocycles. The number of nitrogens with one attached hydrogen (secondary N) is 1. The minimum absolute atomic E-state index is 0.102. The van der Waals surface area contributed by atoms with Crippen LogP contribution in [0.2, 0.25) is 0 Å². The molecule has 2 aliphatic rings. The van der Waals surface area contributed by atoms with E-state index in [4.69, 9.17) is 9.97 Å². The highest BCUT2D eigenvalue weighted by atomic mass is 19.2. The Hall–Kier alpha value is -3.68. The molecule has 0 amide bonds. The van der Waals surface area contributed by atoms with Crippen LogP contribution in [0.4, 0.5) is 14.6 Å². The van der Waals surface area contributed by atoms with Crippen LogP contribution in [0.25, 0.3) is 44.2 Å². The smallest absolute Gasteiger partial charge is 0.182 e. The molecule has 1 aliphatic heterocycles. The van der Waals surface area contributed by atoms with Gasteiger partial charge in [-0.1, -0.05) is 0 Å². The maximum absolute atomic E-state index is 14.5. The van der Waals surface area contributed by atoms with E-state index in [1.807, 2.05) is 18.5 Å². The molecule has 6 nitrogen and oxygen atoms in total. The zero-order chi connectivity index (χ0) is 22.8. The molecule has 5 heterocycles.